The lowest BCUT2D eigenvalue weighted by atomic mass is 9.89. The Balaban J connectivity index is 1.49. The molecule has 2 aliphatic rings. The zero-order valence-corrected chi connectivity index (χ0v) is 15.2. The van der Waals surface area contributed by atoms with Gasteiger partial charge in [0.2, 0.25) is 5.91 Å². The first-order chi connectivity index (χ1) is 11.7. The van der Waals surface area contributed by atoms with Gasteiger partial charge in [-0.05, 0) is 45.2 Å². The van der Waals surface area contributed by atoms with Crippen molar-refractivity contribution in [2.75, 3.05) is 13.1 Å². The molecule has 0 aromatic carbocycles. The van der Waals surface area contributed by atoms with E-state index in [9.17, 15) is 4.79 Å². The van der Waals surface area contributed by atoms with Gasteiger partial charge in [-0.1, -0.05) is 26.2 Å². The standard InChI is InChI=1S/C19H32N4O/c1-3-18(16-13-20-22(2)14-16)21-19(24)15-9-11-23(12-10-15)17-7-5-4-6-8-17/h13-15,17-18H,3-12H2,1-2H3,(H,21,24). The van der Waals surface area contributed by atoms with Crippen molar-refractivity contribution in [3.63, 3.8) is 0 Å². The van der Waals surface area contributed by atoms with Crippen LogP contribution >= 0.6 is 0 Å². The van der Waals surface area contributed by atoms with Gasteiger partial charge in [0.1, 0.15) is 0 Å². The van der Waals surface area contributed by atoms with Crippen LogP contribution in [0.2, 0.25) is 0 Å². The first kappa shape index (κ1) is 17.5. The molecule has 1 aromatic heterocycles. The monoisotopic (exact) mass is 332 g/mol. The smallest absolute Gasteiger partial charge is 0.223 e. The third-order valence-electron chi connectivity index (χ3n) is 5.84. The predicted octanol–water partition coefficient (Wildman–Crippen LogP) is 3.03. The van der Waals surface area contributed by atoms with Gasteiger partial charge in [0, 0.05) is 30.8 Å². The second-order valence-corrected chi connectivity index (χ2v) is 7.52. The first-order valence-electron chi connectivity index (χ1n) is 9.70. The molecule has 134 valence electrons. The maximum Gasteiger partial charge on any atom is 0.223 e. The van der Waals surface area contributed by atoms with Gasteiger partial charge < -0.3 is 10.2 Å². The Labute approximate surface area is 145 Å². The third-order valence-corrected chi connectivity index (χ3v) is 5.84. The minimum atomic E-state index is 0.0857. The van der Waals surface area contributed by atoms with Gasteiger partial charge >= 0.3 is 0 Å². The van der Waals surface area contributed by atoms with Gasteiger partial charge in [-0.3, -0.25) is 9.48 Å². The highest BCUT2D eigenvalue weighted by molar-refractivity contribution is 5.79. The Hall–Kier alpha value is -1.36. The summed E-state index contributed by atoms with van der Waals surface area (Å²) in [7, 11) is 1.92. The quantitative estimate of drug-likeness (QED) is 0.902. The van der Waals surface area contributed by atoms with E-state index in [0.29, 0.717) is 0 Å². The van der Waals surface area contributed by atoms with Crippen LogP contribution in [0.1, 0.15) is 69.9 Å². The van der Waals surface area contributed by atoms with Crippen molar-refractivity contribution in [3.8, 4) is 0 Å². The van der Waals surface area contributed by atoms with E-state index in [1.165, 1.54) is 32.1 Å². The number of likely N-dealkylation sites (tertiary alicyclic amines) is 1. The molecule has 2 fully saturated rings. The molecule has 0 bridgehead atoms. The van der Waals surface area contributed by atoms with E-state index in [1.54, 1.807) is 4.68 Å². The number of amides is 1. The van der Waals surface area contributed by atoms with Crippen LogP contribution in [0, 0.1) is 5.92 Å². The van der Waals surface area contributed by atoms with Crippen LogP contribution in [0.15, 0.2) is 12.4 Å². The van der Waals surface area contributed by atoms with E-state index in [1.807, 2.05) is 19.4 Å². The summed E-state index contributed by atoms with van der Waals surface area (Å²) in [5.74, 6) is 0.407. The molecule has 2 heterocycles. The van der Waals surface area contributed by atoms with Gasteiger partial charge in [-0.25, -0.2) is 0 Å². The SMILES string of the molecule is CCC(NC(=O)C1CCN(C2CCCCC2)CC1)c1cnn(C)c1. The lowest BCUT2D eigenvalue weighted by Crippen LogP contribution is -2.45. The number of hydrogen-bond donors (Lipinski definition) is 1. The molecular weight excluding hydrogens is 300 g/mol. The number of rotatable bonds is 5. The van der Waals surface area contributed by atoms with Crippen LogP contribution in [0.3, 0.4) is 0 Å². The fraction of sp³-hybridized carbons (Fsp3) is 0.789. The summed E-state index contributed by atoms with van der Waals surface area (Å²) in [5, 5.41) is 7.48. The van der Waals surface area contributed by atoms with Gasteiger partial charge in [0.05, 0.1) is 12.2 Å². The number of aromatic nitrogens is 2. The van der Waals surface area contributed by atoms with Crippen molar-refractivity contribution in [3.05, 3.63) is 18.0 Å². The molecule has 24 heavy (non-hydrogen) atoms. The number of hydrogen-bond acceptors (Lipinski definition) is 3. The van der Waals surface area contributed by atoms with E-state index in [-0.39, 0.29) is 17.9 Å². The number of piperidine rings is 1. The van der Waals surface area contributed by atoms with E-state index >= 15 is 0 Å². The van der Waals surface area contributed by atoms with Crippen LogP contribution in [0.5, 0.6) is 0 Å². The summed E-state index contributed by atoms with van der Waals surface area (Å²) >= 11 is 0. The highest BCUT2D eigenvalue weighted by Crippen LogP contribution is 2.27. The second kappa shape index (κ2) is 8.15. The average Bonchev–Trinajstić information content (AvgIpc) is 3.06. The number of nitrogens with one attached hydrogen (secondary N) is 1. The third kappa shape index (κ3) is 4.18. The Kier molecular flexibility index (Phi) is 5.93. The molecule has 1 amide bonds. The summed E-state index contributed by atoms with van der Waals surface area (Å²) in [6, 6.07) is 0.865. The number of nitrogens with zero attached hydrogens (tertiary/aromatic N) is 3. The number of aryl methyl sites for hydroxylation is 1. The molecule has 1 atom stereocenters. The van der Waals surface area contributed by atoms with Crippen molar-refractivity contribution in [2.24, 2.45) is 13.0 Å². The molecule has 3 rings (SSSR count). The van der Waals surface area contributed by atoms with Crippen molar-refractivity contribution in [2.45, 2.75) is 70.4 Å². The van der Waals surface area contributed by atoms with Crippen LogP contribution in [-0.4, -0.2) is 39.7 Å². The molecule has 1 aromatic rings. The average molecular weight is 332 g/mol. The van der Waals surface area contributed by atoms with Crippen LogP contribution in [0.25, 0.3) is 0 Å². The number of carbonyl (C=O) groups is 1. The van der Waals surface area contributed by atoms with Gasteiger partial charge in [0.25, 0.3) is 0 Å². The lowest BCUT2D eigenvalue weighted by molar-refractivity contribution is -0.127. The van der Waals surface area contributed by atoms with Crippen molar-refractivity contribution in [1.82, 2.24) is 20.0 Å². The molecule has 5 nitrogen and oxygen atoms in total. The van der Waals surface area contributed by atoms with Gasteiger partial charge in [-0.2, -0.15) is 5.10 Å². The molecule has 1 aliphatic heterocycles. The molecule has 1 saturated heterocycles. The van der Waals surface area contributed by atoms with Gasteiger partial charge in [0.15, 0.2) is 0 Å². The normalized spacial score (nSPS) is 22.4. The van der Waals surface area contributed by atoms with Crippen molar-refractivity contribution >= 4 is 5.91 Å². The topological polar surface area (TPSA) is 50.2 Å². The summed E-state index contributed by atoms with van der Waals surface area (Å²) < 4.78 is 1.80. The van der Waals surface area contributed by atoms with Gasteiger partial charge in [-0.15, -0.1) is 0 Å². The maximum absolute atomic E-state index is 12.7. The highest BCUT2D eigenvalue weighted by Gasteiger charge is 2.30. The molecule has 0 radical (unpaired) electrons. The summed E-state index contributed by atoms with van der Waals surface area (Å²) in [6.07, 6.45) is 13.7. The minimum absolute atomic E-state index is 0.0857. The Bertz CT molecular complexity index is 527. The number of carbonyl (C=O) groups excluding carboxylic acids is 1. The second-order valence-electron chi connectivity index (χ2n) is 7.52. The van der Waals surface area contributed by atoms with Crippen molar-refractivity contribution < 1.29 is 4.79 Å². The summed E-state index contributed by atoms with van der Waals surface area (Å²) in [6.45, 7) is 4.29. The zero-order valence-electron chi connectivity index (χ0n) is 15.2. The predicted molar refractivity (Wildman–Crippen MR) is 95.6 cm³/mol. The van der Waals surface area contributed by atoms with E-state index < -0.39 is 0 Å². The Morgan fingerprint density at radius 1 is 1.25 bits per heavy atom. The van der Waals surface area contributed by atoms with E-state index in [0.717, 1.165) is 44.0 Å². The van der Waals surface area contributed by atoms with Crippen LogP contribution in [0.4, 0.5) is 0 Å². The highest BCUT2D eigenvalue weighted by atomic mass is 16.1. The lowest BCUT2D eigenvalue weighted by Gasteiger charge is -2.39. The Morgan fingerprint density at radius 2 is 1.96 bits per heavy atom. The first-order valence-corrected chi connectivity index (χ1v) is 9.70. The fourth-order valence-corrected chi connectivity index (χ4v) is 4.30. The molecular formula is C19H32N4O. The molecule has 5 heteroatoms. The largest absolute Gasteiger partial charge is 0.349 e. The summed E-state index contributed by atoms with van der Waals surface area (Å²) in [4.78, 5) is 15.3. The molecule has 1 aliphatic carbocycles. The fourth-order valence-electron chi connectivity index (χ4n) is 4.30. The molecule has 1 unspecified atom stereocenters. The minimum Gasteiger partial charge on any atom is -0.349 e. The zero-order chi connectivity index (χ0) is 16.9. The Morgan fingerprint density at radius 3 is 2.54 bits per heavy atom. The molecule has 0 spiro atoms. The van der Waals surface area contributed by atoms with E-state index in [4.69, 9.17) is 0 Å². The summed E-state index contributed by atoms with van der Waals surface area (Å²) in [5.41, 5.74) is 1.10. The van der Waals surface area contributed by atoms with E-state index in [2.05, 4.69) is 22.2 Å². The van der Waals surface area contributed by atoms with Crippen molar-refractivity contribution in [1.29, 1.82) is 0 Å². The maximum atomic E-state index is 12.7. The van der Waals surface area contributed by atoms with Crippen LogP contribution < -0.4 is 5.32 Å². The molecule has 1 N–H and O–H groups in total. The van der Waals surface area contributed by atoms with Crippen LogP contribution in [-0.2, 0) is 11.8 Å². The molecule has 1 saturated carbocycles.